The fraction of sp³-hybridized carbons (Fsp3) is 0. The van der Waals surface area contributed by atoms with Crippen LogP contribution in [0.15, 0.2) is 24.3 Å². The van der Waals surface area contributed by atoms with E-state index in [1.54, 1.807) is 28.5 Å². The molecule has 2 rings (SSSR count). The summed E-state index contributed by atoms with van der Waals surface area (Å²) < 4.78 is 8.95. The number of nitrogens with zero attached hydrogens (tertiary/aromatic N) is 2. The molecule has 0 aliphatic heterocycles. The number of carbonyl (C=O) groups is 1. The Morgan fingerprint density at radius 2 is 2.27 bits per heavy atom. The van der Waals surface area contributed by atoms with Gasteiger partial charge in [-0.1, -0.05) is 0 Å². The average Bonchev–Trinajstić information content (AvgIpc) is 2.31. The molecule has 1 aromatic heterocycles. The van der Waals surface area contributed by atoms with Gasteiger partial charge in [-0.15, -0.1) is 4.26 Å². The minimum absolute atomic E-state index is 0.414. The highest BCUT2D eigenvalue weighted by Gasteiger charge is 1.95. The van der Waals surface area contributed by atoms with E-state index in [4.69, 9.17) is 4.84 Å². The van der Waals surface area contributed by atoms with E-state index in [1.807, 2.05) is 0 Å². The Morgan fingerprint density at radius 1 is 1.47 bits per heavy atom. The number of hydrogen-bond acceptors (Lipinski definition) is 3. The molecule has 0 amide bonds. The summed E-state index contributed by atoms with van der Waals surface area (Å²) >= 11 is 0. The first-order valence-electron chi connectivity index (χ1n) is 4.08. The Bertz CT molecular complexity index is 451. The van der Waals surface area contributed by atoms with Crippen molar-refractivity contribution < 1.29 is 9.63 Å². The Labute approximate surface area is 90.8 Å². The molecule has 0 aliphatic carbocycles. The van der Waals surface area contributed by atoms with E-state index in [0.717, 1.165) is 14.8 Å². The van der Waals surface area contributed by atoms with Crippen LogP contribution in [0.2, 0.25) is 0 Å². The largest absolute Gasteiger partial charge is 0.366 e. The molecule has 2 aromatic rings. The van der Waals surface area contributed by atoms with Crippen molar-refractivity contribution in [3.8, 4) is 5.75 Å². The molecule has 78 valence electrons. The number of carbonyl (C=O) groups excluding carboxylic acids is 1. The summed E-state index contributed by atoms with van der Waals surface area (Å²) in [6, 6.07) is 6.97. The predicted molar refractivity (Wildman–Crippen MR) is 63.6 cm³/mol. The molecule has 0 aliphatic rings. The molecule has 2 unspecified atom stereocenters. The molecule has 0 saturated heterocycles. The van der Waals surface area contributed by atoms with Crippen molar-refractivity contribution in [2.45, 2.75) is 0 Å². The van der Waals surface area contributed by atoms with Crippen LogP contribution in [-0.2, 0) is 0 Å². The highest BCUT2D eigenvalue weighted by atomic mass is 31.1. The first-order valence-corrected chi connectivity index (χ1v) is 6.77. The lowest BCUT2D eigenvalue weighted by Gasteiger charge is -2.05. The summed E-state index contributed by atoms with van der Waals surface area (Å²) in [6.45, 7) is 0. The molecule has 5 nitrogen and oxygen atoms in total. The van der Waals surface area contributed by atoms with Crippen LogP contribution in [0.25, 0.3) is 0 Å². The van der Waals surface area contributed by atoms with E-state index < -0.39 is 0 Å². The van der Waals surface area contributed by atoms with Crippen LogP contribution in [0, 0.1) is 0 Å². The maximum absolute atomic E-state index is 10.4. The Balaban J connectivity index is 2.15. The second-order valence-electron chi connectivity index (χ2n) is 2.59. The van der Waals surface area contributed by atoms with Gasteiger partial charge in [-0.3, -0.25) is 4.79 Å². The molecule has 1 aromatic carbocycles. The van der Waals surface area contributed by atoms with Crippen molar-refractivity contribution in [1.29, 1.82) is 0 Å². The minimum atomic E-state index is 0.414. The van der Waals surface area contributed by atoms with Crippen LogP contribution in [0.1, 0.15) is 10.4 Å². The van der Waals surface area contributed by atoms with Crippen LogP contribution in [0.5, 0.6) is 5.75 Å². The van der Waals surface area contributed by atoms with Gasteiger partial charge < -0.3 is 9.35 Å². The fourth-order valence-corrected chi connectivity index (χ4v) is 3.98. The van der Waals surface area contributed by atoms with Crippen LogP contribution in [-0.4, -0.2) is 19.6 Å². The van der Waals surface area contributed by atoms with E-state index >= 15 is 0 Å². The van der Waals surface area contributed by atoms with E-state index in [1.165, 1.54) is 0 Å². The van der Waals surface area contributed by atoms with Gasteiger partial charge in [0.1, 0.15) is 6.29 Å². The molecule has 0 radical (unpaired) electrons. The maximum atomic E-state index is 10.4. The normalized spacial score (nSPS) is 11.2. The number of aromatic amines is 1. The molecular formula is C7H8N3O2P3. The summed E-state index contributed by atoms with van der Waals surface area (Å²) in [7, 11) is 1.69. The predicted octanol–water partition coefficient (Wildman–Crippen LogP) is 2.63. The van der Waals surface area contributed by atoms with Gasteiger partial charge in [0.15, 0.2) is 14.3 Å². The van der Waals surface area contributed by atoms with E-state index in [-0.39, 0.29) is 0 Å². The number of nitrogens with one attached hydrogen (secondary N) is 1. The second kappa shape index (κ2) is 5.18. The molecule has 1 N–H and O–H groups in total. The summed E-state index contributed by atoms with van der Waals surface area (Å²) in [5, 5.41) is 0. The Morgan fingerprint density at radius 3 is 2.87 bits per heavy atom. The second-order valence-corrected chi connectivity index (χ2v) is 6.16. The van der Waals surface area contributed by atoms with Crippen molar-refractivity contribution in [3.63, 3.8) is 0 Å². The lowest BCUT2D eigenvalue weighted by atomic mass is 10.2. The summed E-state index contributed by atoms with van der Waals surface area (Å²) in [4.78, 5) is 16.0. The van der Waals surface area contributed by atoms with Gasteiger partial charge >= 0.3 is 0 Å². The molecule has 0 spiro atoms. The SMILES string of the molecule is O=Cc1ccc(On2pn[pH][nH][pH]2)cc1. The molecule has 2 atom stereocenters. The van der Waals surface area contributed by atoms with E-state index in [9.17, 15) is 4.79 Å². The smallest absolute Gasteiger partial charge is 0.182 e. The molecule has 8 heteroatoms. The lowest BCUT2D eigenvalue weighted by molar-refractivity contribution is 0.112. The quantitative estimate of drug-likeness (QED) is 0.862. The number of aldehydes is 1. The highest BCUT2D eigenvalue weighted by Crippen LogP contribution is 2.17. The third-order valence-electron chi connectivity index (χ3n) is 1.59. The van der Waals surface area contributed by atoms with Gasteiger partial charge in [-0.2, -0.15) is 4.51 Å². The number of H-pyrrole nitrogens is 1. The Hall–Kier alpha value is -1.01. The third-order valence-corrected chi connectivity index (χ3v) is 4.34. The molecule has 0 bridgehead atoms. The number of aromatic nitrogens is 3. The van der Waals surface area contributed by atoms with Gasteiger partial charge in [0.2, 0.25) is 0 Å². The Kier molecular flexibility index (Phi) is 3.63. The van der Waals surface area contributed by atoms with Gasteiger partial charge in [0.25, 0.3) is 0 Å². The first kappa shape index (κ1) is 10.5. The monoisotopic (exact) mass is 259 g/mol. The number of hydrogen-bond donors (Lipinski definition) is 1. The van der Waals surface area contributed by atoms with Crippen molar-refractivity contribution >= 4 is 31.8 Å². The van der Waals surface area contributed by atoms with Crippen LogP contribution >= 0.6 is 25.5 Å². The average molecular weight is 259 g/mol. The first-order chi connectivity index (χ1) is 7.38. The topological polar surface area (TPSA) is 59.9 Å². The van der Waals surface area contributed by atoms with Crippen molar-refractivity contribution in [3.05, 3.63) is 29.8 Å². The zero-order valence-electron chi connectivity index (χ0n) is 7.54. The number of rotatable bonds is 3. The van der Waals surface area contributed by atoms with E-state index in [0.29, 0.717) is 28.3 Å². The summed E-state index contributed by atoms with van der Waals surface area (Å²) in [6.07, 6.45) is 0.808. The fourth-order valence-electron chi connectivity index (χ4n) is 0.931. The summed E-state index contributed by atoms with van der Waals surface area (Å²) in [5.41, 5.74) is 0.644. The van der Waals surface area contributed by atoms with Crippen molar-refractivity contribution in [2.75, 3.05) is 0 Å². The zero-order chi connectivity index (χ0) is 10.5. The van der Waals surface area contributed by atoms with Crippen molar-refractivity contribution in [2.24, 2.45) is 0 Å². The molecule has 0 fully saturated rings. The maximum Gasteiger partial charge on any atom is 0.182 e. The van der Waals surface area contributed by atoms with Crippen LogP contribution < -0.4 is 4.84 Å². The van der Waals surface area contributed by atoms with Crippen LogP contribution in [0.3, 0.4) is 0 Å². The minimum Gasteiger partial charge on any atom is -0.366 e. The number of benzene rings is 1. The van der Waals surface area contributed by atoms with Gasteiger partial charge in [-0.25, -0.2) is 0 Å². The summed E-state index contributed by atoms with van der Waals surface area (Å²) in [5.74, 6) is 0.711. The standard InChI is InChI=1S/C7H8N3O2P3/c11-5-6-1-3-7(4-2-6)12-10-14-8-13-9-15-10/h1-5,8,13-14H. The zero-order valence-corrected chi connectivity index (χ0v) is 10.4. The van der Waals surface area contributed by atoms with Gasteiger partial charge in [0, 0.05) is 14.1 Å². The molecule has 15 heavy (non-hydrogen) atoms. The van der Waals surface area contributed by atoms with Crippen LogP contribution in [0.4, 0.5) is 0 Å². The highest BCUT2D eigenvalue weighted by molar-refractivity contribution is 7.44. The molecular weight excluding hydrogens is 251 g/mol. The lowest BCUT2D eigenvalue weighted by Crippen LogP contribution is -1.97. The van der Waals surface area contributed by atoms with E-state index in [2.05, 4.69) is 9.02 Å². The van der Waals surface area contributed by atoms with Gasteiger partial charge in [-0.05, 0) is 24.3 Å². The molecule has 0 saturated carbocycles. The van der Waals surface area contributed by atoms with Gasteiger partial charge in [0.05, 0.1) is 8.51 Å². The van der Waals surface area contributed by atoms with Crippen molar-refractivity contribution in [1.82, 2.24) is 13.3 Å². The molecule has 1 heterocycles. The third kappa shape index (κ3) is 2.97.